The van der Waals surface area contributed by atoms with Gasteiger partial charge in [-0.2, -0.15) is 39.5 Å². The molecule has 2 atom stereocenters. The summed E-state index contributed by atoms with van der Waals surface area (Å²) in [5.41, 5.74) is -5.67. The lowest BCUT2D eigenvalue weighted by atomic mass is 9.89. The number of carbonyl (C=O) groups excluding carboxylic acids is 2. The zero-order chi connectivity index (χ0) is 30.9. The molecule has 1 heterocycles. The zero-order valence-corrected chi connectivity index (χ0v) is 21.5. The van der Waals surface area contributed by atoms with Gasteiger partial charge in [0, 0.05) is 11.1 Å². The number of fused-ring (bicyclic) bond motifs is 1. The summed E-state index contributed by atoms with van der Waals surface area (Å²) in [5, 5.41) is 0. The molecule has 2 aromatic carbocycles. The van der Waals surface area contributed by atoms with E-state index in [1.807, 2.05) is 0 Å². The summed E-state index contributed by atoms with van der Waals surface area (Å²) in [6.07, 6.45) is -17.2. The molecule has 1 aliphatic rings. The molecule has 0 aliphatic carbocycles. The number of halogens is 9. The summed E-state index contributed by atoms with van der Waals surface area (Å²) < 4.78 is 136. The summed E-state index contributed by atoms with van der Waals surface area (Å²) >= 11 is 0. The van der Waals surface area contributed by atoms with Crippen LogP contribution in [0.15, 0.2) is 42.5 Å². The smallest absolute Gasteiger partial charge is 0.416 e. The molecule has 0 fully saturated rings. The molecule has 0 aromatic heterocycles. The maximum Gasteiger partial charge on any atom is 0.416 e. The Morgan fingerprint density at radius 1 is 0.854 bits per heavy atom. The van der Waals surface area contributed by atoms with E-state index in [1.54, 1.807) is 6.92 Å². The SMILES string of the molecule is CCOC(=O)N1c2ccc(C(F)(F)F)cc2C(C(Oc2cc(C(F)(F)F)cc(C(F)(F)F)c2)C(=O)OC)=C[C@@H]1CC. The first kappa shape index (κ1) is 31.6. The maximum absolute atomic E-state index is 13.6. The normalized spacial score (nSPS) is 16.4. The molecule has 6 nitrogen and oxygen atoms in total. The molecule has 41 heavy (non-hydrogen) atoms. The number of amides is 1. The Hall–Kier alpha value is -3.91. The van der Waals surface area contributed by atoms with Crippen molar-refractivity contribution in [2.24, 2.45) is 0 Å². The Balaban J connectivity index is 2.27. The number of anilines is 1. The van der Waals surface area contributed by atoms with Gasteiger partial charge in [-0.1, -0.05) is 13.0 Å². The quantitative estimate of drug-likeness (QED) is 0.254. The highest BCUT2D eigenvalue weighted by molar-refractivity contribution is 6.01. The zero-order valence-electron chi connectivity index (χ0n) is 21.5. The largest absolute Gasteiger partial charge is 0.474 e. The van der Waals surface area contributed by atoms with Crippen molar-refractivity contribution >= 4 is 23.3 Å². The van der Waals surface area contributed by atoms with E-state index in [0.29, 0.717) is 12.1 Å². The number of hydrogen-bond acceptors (Lipinski definition) is 5. The van der Waals surface area contributed by atoms with Crippen LogP contribution >= 0.6 is 0 Å². The minimum Gasteiger partial charge on any atom is -0.474 e. The van der Waals surface area contributed by atoms with E-state index in [4.69, 9.17) is 9.47 Å². The lowest BCUT2D eigenvalue weighted by Crippen LogP contribution is -2.44. The molecule has 1 unspecified atom stereocenters. The van der Waals surface area contributed by atoms with E-state index >= 15 is 0 Å². The van der Waals surface area contributed by atoms with Gasteiger partial charge >= 0.3 is 30.6 Å². The van der Waals surface area contributed by atoms with Crippen LogP contribution in [-0.4, -0.2) is 37.9 Å². The predicted octanol–water partition coefficient (Wildman–Crippen LogP) is 7.50. The molecule has 3 rings (SSSR count). The standard InChI is InChI=1S/C26H22F9NO5/c1-4-16-12-19(18-11-13(24(27,28)29)6-7-20(18)36(16)23(38)40-5-2)21(22(37)39-3)41-17-9-14(25(30,31)32)8-15(10-17)26(33,34)35/h6-12,16,21H,4-5H2,1-3H3/t16-,21?/m0/s1. The van der Waals surface area contributed by atoms with Gasteiger partial charge in [-0.25, -0.2) is 9.59 Å². The number of ether oxygens (including phenoxy) is 3. The average Bonchev–Trinajstić information content (AvgIpc) is 2.88. The molecule has 1 amide bonds. The maximum atomic E-state index is 13.6. The minimum absolute atomic E-state index is 0.0940. The van der Waals surface area contributed by atoms with Gasteiger partial charge in [0.05, 0.1) is 42.1 Å². The van der Waals surface area contributed by atoms with Crippen LogP contribution in [0.25, 0.3) is 5.57 Å². The molecule has 0 spiro atoms. The lowest BCUT2D eigenvalue weighted by Gasteiger charge is -2.36. The molecule has 224 valence electrons. The second kappa shape index (κ2) is 11.5. The van der Waals surface area contributed by atoms with Crippen molar-refractivity contribution in [3.8, 4) is 5.75 Å². The Morgan fingerprint density at radius 3 is 1.88 bits per heavy atom. The van der Waals surface area contributed by atoms with Gasteiger partial charge in [0.15, 0.2) is 0 Å². The van der Waals surface area contributed by atoms with Crippen molar-refractivity contribution in [3.63, 3.8) is 0 Å². The molecule has 15 heteroatoms. The third-order valence-corrected chi connectivity index (χ3v) is 5.99. The highest BCUT2D eigenvalue weighted by Crippen LogP contribution is 2.43. The molecule has 0 saturated heterocycles. The number of alkyl halides is 9. The van der Waals surface area contributed by atoms with E-state index < -0.39 is 70.7 Å². The van der Waals surface area contributed by atoms with Crippen molar-refractivity contribution in [1.29, 1.82) is 0 Å². The van der Waals surface area contributed by atoms with Gasteiger partial charge < -0.3 is 14.2 Å². The number of methoxy groups -OCH3 is 1. The third-order valence-electron chi connectivity index (χ3n) is 5.99. The van der Waals surface area contributed by atoms with Gasteiger partial charge in [-0.3, -0.25) is 4.90 Å². The Morgan fingerprint density at radius 2 is 1.41 bits per heavy atom. The van der Waals surface area contributed by atoms with Gasteiger partial charge in [-0.05, 0) is 49.7 Å². The molecule has 0 radical (unpaired) electrons. The van der Waals surface area contributed by atoms with Crippen LogP contribution in [0.1, 0.15) is 42.5 Å². The number of benzene rings is 2. The van der Waals surface area contributed by atoms with Gasteiger partial charge in [0.2, 0.25) is 6.10 Å². The van der Waals surface area contributed by atoms with Crippen molar-refractivity contribution in [3.05, 3.63) is 64.7 Å². The topological polar surface area (TPSA) is 65.1 Å². The van der Waals surface area contributed by atoms with Crippen LogP contribution in [-0.2, 0) is 32.8 Å². The van der Waals surface area contributed by atoms with Crippen LogP contribution in [0.3, 0.4) is 0 Å². The fourth-order valence-corrected chi connectivity index (χ4v) is 4.14. The summed E-state index contributed by atoms with van der Waals surface area (Å²) in [6, 6.07) is 1.48. The predicted molar refractivity (Wildman–Crippen MR) is 126 cm³/mol. The summed E-state index contributed by atoms with van der Waals surface area (Å²) in [4.78, 5) is 26.6. The minimum atomic E-state index is -5.24. The fraction of sp³-hybridized carbons (Fsp3) is 0.385. The van der Waals surface area contributed by atoms with Gasteiger partial charge in [0.25, 0.3) is 0 Å². The molecule has 0 saturated carbocycles. The summed E-state index contributed by atoms with van der Waals surface area (Å²) in [5.74, 6) is -2.40. The first-order chi connectivity index (χ1) is 18.9. The van der Waals surface area contributed by atoms with Gasteiger partial charge in [0.1, 0.15) is 5.75 Å². The number of nitrogens with zero attached hydrogens (tertiary/aromatic N) is 1. The van der Waals surface area contributed by atoms with Gasteiger partial charge in [-0.15, -0.1) is 0 Å². The second-order valence-corrected chi connectivity index (χ2v) is 8.66. The average molecular weight is 599 g/mol. The molecular weight excluding hydrogens is 577 g/mol. The fourth-order valence-electron chi connectivity index (χ4n) is 4.14. The van der Waals surface area contributed by atoms with Crippen molar-refractivity contribution in [1.82, 2.24) is 0 Å². The molecule has 2 aromatic rings. The van der Waals surface area contributed by atoms with E-state index in [-0.39, 0.29) is 42.5 Å². The first-order valence-electron chi connectivity index (χ1n) is 11.9. The molecule has 0 bridgehead atoms. The Bertz CT molecular complexity index is 1300. The number of hydrogen-bond donors (Lipinski definition) is 0. The molecule has 0 N–H and O–H groups in total. The van der Waals surface area contributed by atoms with E-state index in [9.17, 15) is 49.1 Å². The lowest BCUT2D eigenvalue weighted by molar-refractivity contribution is -0.146. The van der Waals surface area contributed by atoms with Crippen LogP contribution in [0.4, 0.5) is 50.0 Å². The number of carbonyl (C=O) groups is 2. The highest BCUT2D eigenvalue weighted by atomic mass is 19.4. The second-order valence-electron chi connectivity index (χ2n) is 8.66. The Labute approximate surface area is 227 Å². The highest BCUT2D eigenvalue weighted by Gasteiger charge is 2.41. The number of rotatable bonds is 6. The summed E-state index contributed by atoms with van der Waals surface area (Å²) in [7, 11) is 0.838. The third kappa shape index (κ3) is 6.88. The number of esters is 1. The van der Waals surface area contributed by atoms with Crippen molar-refractivity contribution in [2.75, 3.05) is 18.6 Å². The van der Waals surface area contributed by atoms with E-state index in [2.05, 4.69) is 4.74 Å². The van der Waals surface area contributed by atoms with Crippen molar-refractivity contribution < 1.29 is 63.3 Å². The monoisotopic (exact) mass is 599 g/mol. The first-order valence-corrected chi connectivity index (χ1v) is 11.9. The molecular formula is C26H22F9NO5. The summed E-state index contributed by atoms with van der Waals surface area (Å²) in [6.45, 7) is 2.98. The van der Waals surface area contributed by atoms with Crippen LogP contribution in [0, 0.1) is 0 Å². The van der Waals surface area contributed by atoms with Crippen molar-refractivity contribution in [2.45, 2.75) is 50.9 Å². The van der Waals surface area contributed by atoms with Crippen LogP contribution in [0.5, 0.6) is 5.75 Å². The van der Waals surface area contributed by atoms with E-state index in [1.165, 1.54) is 6.92 Å². The van der Waals surface area contributed by atoms with Crippen LogP contribution < -0.4 is 9.64 Å². The van der Waals surface area contributed by atoms with Crippen LogP contribution in [0.2, 0.25) is 0 Å². The molecule has 1 aliphatic heterocycles. The Kier molecular flexibility index (Phi) is 8.89. The van der Waals surface area contributed by atoms with E-state index in [0.717, 1.165) is 24.2 Å².